The van der Waals surface area contributed by atoms with Gasteiger partial charge in [-0.3, -0.25) is 0 Å². The minimum atomic E-state index is -0.171. The molecule has 1 rings (SSSR count). The quantitative estimate of drug-likeness (QED) is 0.422. The summed E-state index contributed by atoms with van der Waals surface area (Å²) in [5, 5.41) is 0. The summed E-state index contributed by atoms with van der Waals surface area (Å²) in [7, 11) is 0. The molecule has 0 spiro atoms. The highest BCUT2D eigenvalue weighted by atomic mass is 127. The highest BCUT2D eigenvalue weighted by Crippen LogP contribution is 2.28. The van der Waals surface area contributed by atoms with E-state index in [2.05, 4.69) is 15.9 Å². The van der Waals surface area contributed by atoms with Gasteiger partial charge >= 0.3 is 0 Å². The third kappa shape index (κ3) is 2.32. The van der Waals surface area contributed by atoms with E-state index in [9.17, 15) is 4.39 Å². The predicted molar refractivity (Wildman–Crippen MR) is 58.6 cm³/mol. The van der Waals surface area contributed by atoms with Crippen molar-refractivity contribution >= 4 is 50.3 Å². The van der Waals surface area contributed by atoms with Crippen molar-refractivity contribution in [3.8, 4) is 0 Å². The minimum absolute atomic E-state index is 0.171. The Morgan fingerprint density at radius 3 is 2.73 bits per heavy atom. The van der Waals surface area contributed by atoms with Gasteiger partial charge in [-0.25, -0.2) is 4.39 Å². The van der Waals surface area contributed by atoms with Gasteiger partial charge in [0, 0.05) is 12.9 Å². The molecular weight excluding hydrogens is 342 g/mol. The predicted octanol–water partition coefficient (Wildman–Crippen LogP) is 3.91. The van der Waals surface area contributed by atoms with Gasteiger partial charge in [0.25, 0.3) is 0 Å². The highest BCUT2D eigenvalue weighted by Gasteiger charge is 2.04. The molecule has 0 bridgehead atoms. The summed E-state index contributed by atoms with van der Waals surface area (Å²) in [5.41, 5.74) is 0. The average Bonchev–Trinajstić information content (AvgIpc) is 1.97. The number of benzene rings is 1. The molecule has 0 N–H and O–H groups in total. The summed E-state index contributed by atoms with van der Waals surface area (Å²) in [5.74, 6) is -0.171. The van der Waals surface area contributed by atoms with E-state index in [-0.39, 0.29) is 5.82 Å². The molecule has 0 aliphatic carbocycles. The summed E-state index contributed by atoms with van der Waals surface area (Å²) in [6.45, 7) is 0. The molecule has 0 unspecified atom stereocenters. The Morgan fingerprint density at radius 2 is 2.18 bits per heavy atom. The summed E-state index contributed by atoms with van der Waals surface area (Å²) >= 11 is 6.86. The fourth-order valence-corrected chi connectivity index (χ4v) is 2.63. The van der Waals surface area contributed by atoms with Crippen molar-refractivity contribution in [1.29, 1.82) is 0 Å². The molecule has 0 atom stereocenters. The Morgan fingerprint density at radius 1 is 1.55 bits per heavy atom. The number of rotatable bonds is 1. The van der Waals surface area contributed by atoms with Gasteiger partial charge in [-0.05, 0) is 56.9 Å². The second kappa shape index (κ2) is 4.09. The van der Waals surface area contributed by atoms with Gasteiger partial charge in [0.1, 0.15) is 5.82 Å². The third-order valence-corrected chi connectivity index (χ3v) is 3.72. The van der Waals surface area contributed by atoms with E-state index < -0.39 is 0 Å². The lowest BCUT2D eigenvalue weighted by Gasteiger charge is -2.01. The van der Waals surface area contributed by atoms with Gasteiger partial charge < -0.3 is 0 Å². The van der Waals surface area contributed by atoms with Crippen LogP contribution in [0.1, 0.15) is 0 Å². The normalized spacial score (nSPS) is 10.2. The molecule has 0 radical (unpaired) electrons. The van der Waals surface area contributed by atoms with Crippen molar-refractivity contribution in [3.05, 3.63) is 26.0 Å². The second-order valence-corrected chi connectivity index (χ2v) is 4.77. The molecule has 0 fully saturated rings. The van der Waals surface area contributed by atoms with Gasteiger partial charge in [-0.2, -0.15) is 0 Å². The first kappa shape index (κ1) is 9.80. The van der Waals surface area contributed by atoms with E-state index in [4.69, 9.17) is 0 Å². The number of thioether (sulfide) groups is 1. The Balaban J connectivity index is 3.21. The molecule has 0 nitrogen and oxygen atoms in total. The maximum Gasteiger partial charge on any atom is 0.137 e. The SMILES string of the molecule is CSc1cc(I)c(F)cc1Br. The van der Waals surface area contributed by atoms with Crippen molar-refractivity contribution in [1.82, 2.24) is 0 Å². The van der Waals surface area contributed by atoms with E-state index in [0.717, 1.165) is 9.37 Å². The van der Waals surface area contributed by atoms with E-state index in [1.54, 1.807) is 11.8 Å². The van der Waals surface area contributed by atoms with Crippen LogP contribution in [0, 0.1) is 9.39 Å². The Hall–Kier alpha value is 0.710. The molecule has 1 aromatic carbocycles. The number of halogens is 3. The van der Waals surface area contributed by atoms with Crippen LogP contribution in [0.15, 0.2) is 21.5 Å². The molecule has 0 aliphatic rings. The van der Waals surface area contributed by atoms with Crippen LogP contribution >= 0.6 is 50.3 Å². The van der Waals surface area contributed by atoms with E-state index in [0.29, 0.717) is 3.57 Å². The lowest BCUT2D eigenvalue weighted by molar-refractivity contribution is 0.617. The molecule has 4 heteroatoms. The van der Waals surface area contributed by atoms with Gasteiger partial charge in [0.2, 0.25) is 0 Å². The maximum absolute atomic E-state index is 12.8. The third-order valence-electron chi connectivity index (χ3n) is 1.19. The van der Waals surface area contributed by atoms with Crippen LogP contribution in [-0.2, 0) is 0 Å². The van der Waals surface area contributed by atoms with Crippen LogP contribution < -0.4 is 0 Å². The van der Waals surface area contributed by atoms with Crippen LogP contribution in [0.3, 0.4) is 0 Å². The number of hydrogen-bond donors (Lipinski definition) is 0. The van der Waals surface area contributed by atoms with Gasteiger partial charge in [-0.1, -0.05) is 0 Å². The molecule has 0 amide bonds. The monoisotopic (exact) mass is 346 g/mol. The van der Waals surface area contributed by atoms with Gasteiger partial charge in [-0.15, -0.1) is 11.8 Å². The Kier molecular flexibility index (Phi) is 3.64. The maximum atomic E-state index is 12.8. The molecular formula is C7H5BrFIS. The van der Waals surface area contributed by atoms with Crippen molar-refractivity contribution < 1.29 is 4.39 Å². The standard InChI is InChI=1S/C7H5BrFIS/c1-11-7-3-6(10)5(9)2-4(7)8/h2-3H,1H3. The van der Waals surface area contributed by atoms with Crippen molar-refractivity contribution in [2.75, 3.05) is 6.26 Å². The molecule has 0 aliphatic heterocycles. The summed E-state index contributed by atoms with van der Waals surface area (Å²) in [6.07, 6.45) is 1.97. The fourth-order valence-electron chi connectivity index (χ4n) is 0.661. The molecule has 0 saturated heterocycles. The van der Waals surface area contributed by atoms with Crippen LogP contribution in [0.4, 0.5) is 4.39 Å². The largest absolute Gasteiger partial charge is 0.206 e. The van der Waals surface area contributed by atoms with E-state index >= 15 is 0 Å². The smallest absolute Gasteiger partial charge is 0.137 e. The van der Waals surface area contributed by atoms with E-state index in [1.807, 2.05) is 34.9 Å². The minimum Gasteiger partial charge on any atom is -0.206 e. The zero-order chi connectivity index (χ0) is 8.43. The molecule has 0 saturated carbocycles. The summed E-state index contributed by atoms with van der Waals surface area (Å²) in [6, 6.07) is 3.32. The lowest BCUT2D eigenvalue weighted by atomic mass is 10.3. The van der Waals surface area contributed by atoms with Gasteiger partial charge in [0.05, 0.1) is 0 Å². The fraction of sp³-hybridized carbons (Fsp3) is 0.143. The van der Waals surface area contributed by atoms with Crippen molar-refractivity contribution in [3.63, 3.8) is 0 Å². The highest BCUT2D eigenvalue weighted by molar-refractivity contribution is 14.1. The molecule has 0 heterocycles. The van der Waals surface area contributed by atoms with Crippen LogP contribution in [-0.4, -0.2) is 6.26 Å². The zero-order valence-electron chi connectivity index (χ0n) is 5.70. The summed E-state index contributed by atoms with van der Waals surface area (Å²) in [4.78, 5) is 1.07. The Labute approximate surface area is 91.2 Å². The van der Waals surface area contributed by atoms with Gasteiger partial charge in [0.15, 0.2) is 0 Å². The topological polar surface area (TPSA) is 0 Å². The van der Waals surface area contributed by atoms with E-state index in [1.165, 1.54) is 6.07 Å². The van der Waals surface area contributed by atoms with Crippen LogP contribution in [0.2, 0.25) is 0 Å². The molecule has 1 aromatic rings. The first-order valence-corrected chi connectivity index (χ1v) is 5.93. The second-order valence-electron chi connectivity index (χ2n) is 1.90. The van der Waals surface area contributed by atoms with Crippen molar-refractivity contribution in [2.45, 2.75) is 4.90 Å². The molecule has 11 heavy (non-hydrogen) atoms. The zero-order valence-corrected chi connectivity index (χ0v) is 10.3. The average molecular weight is 347 g/mol. The first-order valence-electron chi connectivity index (χ1n) is 2.83. The van der Waals surface area contributed by atoms with Crippen LogP contribution in [0.5, 0.6) is 0 Å². The van der Waals surface area contributed by atoms with Crippen molar-refractivity contribution in [2.24, 2.45) is 0 Å². The van der Waals surface area contributed by atoms with Crippen LogP contribution in [0.25, 0.3) is 0 Å². The Bertz CT molecular complexity index is 277. The molecule has 60 valence electrons. The molecule has 0 aromatic heterocycles. The first-order chi connectivity index (χ1) is 5.15. The summed E-state index contributed by atoms with van der Waals surface area (Å²) < 4.78 is 14.3. The number of hydrogen-bond acceptors (Lipinski definition) is 1. The lowest BCUT2D eigenvalue weighted by Crippen LogP contribution is -1.83.